The van der Waals surface area contributed by atoms with Crippen LogP contribution in [-0.2, 0) is 7.05 Å². The highest BCUT2D eigenvalue weighted by Crippen LogP contribution is 2.18. The monoisotopic (exact) mass is 309 g/mol. The minimum Gasteiger partial charge on any atom is -0.322 e. The summed E-state index contributed by atoms with van der Waals surface area (Å²) in [5.74, 6) is 0.781. The molecule has 0 saturated carbocycles. The standard InChI is InChI=1S/C17H19N5O/c1-11-16(12(2)21(4)20-11)17(23)19-14-5-7-15(8-6-14)22-10-9-18-13(22)3/h5-10H,1-4H3,(H,19,23). The van der Waals surface area contributed by atoms with Gasteiger partial charge in [-0.05, 0) is 45.0 Å². The molecule has 0 unspecified atom stereocenters. The van der Waals surface area contributed by atoms with Gasteiger partial charge in [0.25, 0.3) is 5.91 Å². The van der Waals surface area contributed by atoms with E-state index >= 15 is 0 Å². The summed E-state index contributed by atoms with van der Waals surface area (Å²) in [5, 5.41) is 7.20. The van der Waals surface area contributed by atoms with Gasteiger partial charge in [-0.2, -0.15) is 5.10 Å². The first-order valence-corrected chi connectivity index (χ1v) is 7.39. The largest absolute Gasteiger partial charge is 0.322 e. The molecule has 0 bridgehead atoms. The number of aryl methyl sites for hydroxylation is 3. The van der Waals surface area contributed by atoms with Crippen LogP contribution >= 0.6 is 0 Å². The molecule has 3 aromatic rings. The number of anilines is 1. The Morgan fingerprint density at radius 3 is 2.35 bits per heavy atom. The molecule has 2 heterocycles. The Labute approximate surface area is 134 Å². The van der Waals surface area contributed by atoms with Crippen molar-refractivity contribution < 1.29 is 4.79 Å². The Balaban J connectivity index is 1.81. The van der Waals surface area contributed by atoms with Crippen molar-refractivity contribution in [1.29, 1.82) is 0 Å². The van der Waals surface area contributed by atoms with E-state index in [1.54, 1.807) is 10.9 Å². The first-order valence-electron chi connectivity index (χ1n) is 7.39. The number of amides is 1. The molecule has 0 spiro atoms. The van der Waals surface area contributed by atoms with Crippen molar-refractivity contribution in [2.45, 2.75) is 20.8 Å². The molecule has 3 rings (SSSR count). The van der Waals surface area contributed by atoms with Crippen molar-refractivity contribution >= 4 is 11.6 Å². The molecule has 1 aromatic carbocycles. The number of benzene rings is 1. The molecule has 6 heteroatoms. The van der Waals surface area contributed by atoms with Gasteiger partial charge in [-0.15, -0.1) is 0 Å². The van der Waals surface area contributed by atoms with Gasteiger partial charge in [-0.3, -0.25) is 9.48 Å². The van der Waals surface area contributed by atoms with Crippen molar-refractivity contribution in [3.63, 3.8) is 0 Å². The Hall–Kier alpha value is -2.89. The molecule has 118 valence electrons. The Bertz CT molecular complexity index is 858. The minimum atomic E-state index is -0.139. The fraction of sp³-hybridized carbons (Fsp3) is 0.235. The van der Waals surface area contributed by atoms with Gasteiger partial charge in [0.1, 0.15) is 5.82 Å². The minimum absolute atomic E-state index is 0.139. The van der Waals surface area contributed by atoms with Gasteiger partial charge in [-0.1, -0.05) is 0 Å². The van der Waals surface area contributed by atoms with Crippen LogP contribution in [0.25, 0.3) is 5.69 Å². The molecular formula is C17H19N5O. The molecule has 0 aliphatic heterocycles. The van der Waals surface area contributed by atoms with Gasteiger partial charge in [-0.25, -0.2) is 4.98 Å². The number of rotatable bonds is 3. The zero-order chi connectivity index (χ0) is 16.6. The summed E-state index contributed by atoms with van der Waals surface area (Å²) in [4.78, 5) is 16.7. The van der Waals surface area contributed by atoms with Crippen LogP contribution in [0.15, 0.2) is 36.7 Å². The first kappa shape index (κ1) is 15.0. The third-order valence-corrected chi connectivity index (χ3v) is 3.97. The quantitative estimate of drug-likeness (QED) is 0.809. The van der Waals surface area contributed by atoms with Crippen LogP contribution in [0, 0.1) is 20.8 Å². The summed E-state index contributed by atoms with van der Waals surface area (Å²) < 4.78 is 3.70. The van der Waals surface area contributed by atoms with E-state index in [4.69, 9.17) is 0 Å². The molecule has 0 saturated heterocycles. The molecule has 0 atom stereocenters. The van der Waals surface area contributed by atoms with Crippen LogP contribution < -0.4 is 5.32 Å². The number of nitrogens with zero attached hydrogens (tertiary/aromatic N) is 4. The van der Waals surface area contributed by atoms with Crippen molar-refractivity contribution in [3.8, 4) is 5.69 Å². The van der Waals surface area contributed by atoms with E-state index in [-0.39, 0.29) is 5.91 Å². The van der Waals surface area contributed by atoms with Crippen LogP contribution in [0.2, 0.25) is 0 Å². The molecule has 1 N–H and O–H groups in total. The van der Waals surface area contributed by atoms with Gasteiger partial charge in [0.15, 0.2) is 0 Å². The topological polar surface area (TPSA) is 64.7 Å². The number of hydrogen-bond acceptors (Lipinski definition) is 3. The number of hydrogen-bond donors (Lipinski definition) is 1. The van der Waals surface area contributed by atoms with Crippen molar-refractivity contribution in [1.82, 2.24) is 19.3 Å². The molecular weight excluding hydrogens is 290 g/mol. The van der Waals surface area contributed by atoms with E-state index in [1.165, 1.54) is 0 Å². The maximum atomic E-state index is 12.5. The maximum absolute atomic E-state index is 12.5. The third kappa shape index (κ3) is 2.75. The zero-order valence-electron chi connectivity index (χ0n) is 13.7. The number of aromatic nitrogens is 4. The van der Waals surface area contributed by atoms with Gasteiger partial charge in [0.2, 0.25) is 0 Å². The lowest BCUT2D eigenvalue weighted by Gasteiger charge is -2.08. The third-order valence-electron chi connectivity index (χ3n) is 3.97. The fourth-order valence-electron chi connectivity index (χ4n) is 2.65. The summed E-state index contributed by atoms with van der Waals surface area (Å²) >= 11 is 0. The van der Waals surface area contributed by atoms with Crippen LogP contribution in [0.5, 0.6) is 0 Å². The second-order valence-corrected chi connectivity index (χ2v) is 5.51. The lowest BCUT2D eigenvalue weighted by atomic mass is 10.1. The average Bonchev–Trinajstić information content (AvgIpc) is 3.04. The van der Waals surface area contributed by atoms with E-state index in [1.807, 2.05) is 62.8 Å². The summed E-state index contributed by atoms with van der Waals surface area (Å²) in [6.45, 7) is 5.68. The number of nitrogens with one attached hydrogen (secondary N) is 1. The van der Waals surface area contributed by atoms with Gasteiger partial charge >= 0.3 is 0 Å². The van der Waals surface area contributed by atoms with Crippen LogP contribution in [0.3, 0.4) is 0 Å². The normalized spacial score (nSPS) is 10.8. The van der Waals surface area contributed by atoms with E-state index in [2.05, 4.69) is 15.4 Å². The Kier molecular flexibility index (Phi) is 3.73. The van der Waals surface area contributed by atoms with Gasteiger partial charge in [0.05, 0.1) is 11.3 Å². The summed E-state index contributed by atoms with van der Waals surface area (Å²) in [5.41, 5.74) is 3.96. The Morgan fingerprint density at radius 1 is 1.13 bits per heavy atom. The molecule has 6 nitrogen and oxygen atoms in total. The highest BCUT2D eigenvalue weighted by Gasteiger charge is 2.17. The number of imidazole rings is 1. The van der Waals surface area contributed by atoms with Gasteiger partial charge in [0, 0.05) is 36.5 Å². The highest BCUT2D eigenvalue weighted by atomic mass is 16.1. The predicted octanol–water partition coefficient (Wildman–Crippen LogP) is 2.78. The van der Waals surface area contributed by atoms with Crippen LogP contribution in [0.1, 0.15) is 27.6 Å². The van der Waals surface area contributed by atoms with E-state index in [0.29, 0.717) is 5.56 Å². The molecule has 0 aliphatic rings. The van der Waals surface area contributed by atoms with Gasteiger partial charge < -0.3 is 9.88 Å². The molecule has 0 aliphatic carbocycles. The molecule has 0 radical (unpaired) electrons. The van der Waals surface area contributed by atoms with Crippen LogP contribution in [0.4, 0.5) is 5.69 Å². The number of carbonyl (C=O) groups is 1. The molecule has 0 fully saturated rings. The van der Waals surface area contributed by atoms with E-state index in [9.17, 15) is 4.79 Å². The highest BCUT2D eigenvalue weighted by molar-refractivity contribution is 6.05. The van der Waals surface area contributed by atoms with Crippen molar-refractivity contribution in [2.24, 2.45) is 7.05 Å². The van der Waals surface area contributed by atoms with E-state index in [0.717, 1.165) is 28.6 Å². The van der Waals surface area contributed by atoms with Crippen LogP contribution in [-0.4, -0.2) is 25.2 Å². The second kappa shape index (κ2) is 5.72. The lowest BCUT2D eigenvalue weighted by molar-refractivity contribution is 0.102. The lowest BCUT2D eigenvalue weighted by Crippen LogP contribution is -2.14. The smallest absolute Gasteiger partial charge is 0.259 e. The van der Waals surface area contributed by atoms with E-state index < -0.39 is 0 Å². The average molecular weight is 309 g/mol. The Morgan fingerprint density at radius 2 is 1.83 bits per heavy atom. The second-order valence-electron chi connectivity index (χ2n) is 5.51. The molecule has 2 aromatic heterocycles. The summed E-state index contributed by atoms with van der Waals surface area (Å²) in [7, 11) is 1.83. The summed E-state index contributed by atoms with van der Waals surface area (Å²) in [6, 6.07) is 7.67. The SMILES string of the molecule is Cc1nn(C)c(C)c1C(=O)Nc1ccc(-n2ccnc2C)cc1. The first-order chi connectivity index (χ1) is 11.0. The maximum Gasteiger partial charge on any atom is 0.259 e. The zero-order valence-corrected chi connectivity index (χ0v) is 13.7. The van der Waals surface area contributed by atoms with Crippen molar-refractivity contribution in [2.75, 3.05) is 5.32 Å². The molecule has 23 heavy (non-hydrogen) atoms. The predicted molar refractivity (Wildman–Crippen MR) is 88.9 cm³/mol. The molecule has 1 amide bonds. The number of carbonyl (C=O) groups excluding carboxylic acids is 1. The summed E-state index contributed by atoms with van der Waals surface area (Å²) in [6.07, 6.45) is 3.67. The fourth-order valence-corrected chi connectivity index (χ4v) is 2.65. The van der Waals surface area contributed by atoms with Crippen molar-refractivity contribution in [3.05, 3.63) is 59.4 Å².